The van der Waals surface area contributed by atoms with Crippen LogP contribution in [0.3, 0.4) is 0 Å². The third-order valence-electron chi connectivity index (χ3n) is 7.74. The highest BCUT2D eigenvalue weighted by Crippen LogP contribution is 2.44. The van der Waals surface area contributed by atoms with Crippen molar-refractivity contribution < 1.29 is 37.1 Å². The maximum atomic E-state index is 13.6. The number of hydrogen-bond donors (Lipinski definition) is 3. The van der Waals surface area contributed by atoms with E-state index in [9.17, 15) is 32.9 Å². The van der Waals surface area contributed by atoms with Crippen LogP contribution in [0.2, 0.25) is 0 Å². The van der Waals surface area contributed by atoms with E-state index in [0.717, 1.165) is 36.0 Å². The van der Waals surface area contributed by atoms with Crippen LogP contribution in [0.15, 0.2) is 40.1 Å². The molecule has 14 heteroatoms. The number of aliphatic hydroxyl groups excluding tert-OH is 1. The molecule has 3 N–H and O–H groups in total. The van der Waals surface area contributed by atoms with E-state index in [1.165, 1.54) is 75.5 Å². The lowest BCUT2D eigenvalue weighted by Crippen LogP contribution is -2.34. The summed E-state index contributed by atoms with van der Waals surface area (Å²) in [6, 6.07) is 6.81. The summed E-state index contributed by atoms with van der Waals surface area (Å²) < 4.78 is 54.9. The standard InChI is InChI=1S/C31H47F2N2O8PS/c32-25-16-14-24(15-17-25)13-11-9-7-5-3-1-2-4-6-8-10-12-19-45-20-18-41-44(39,40)42-23-28-27(36)21-29(43-28)35-22-26(33)30(37)34-31(35)38/h14-17,22,27-29,36H,1-13,18-21,23H2,(H,39,40)(H,34,37,38)/t27-,28+,29+/m0/s1. The number of benzene rings is 1. The van der Waals surface area contributed by atoms with Crippen LogP contribution in [-0.2, 0) is 24.8 Å². The number of aryl methyl sites for hydroxylation is 1. The van der Waals surface area contributed by atoms with Gasteiger partial charge in [-0.25, -0.2) is 13.8 Å². The Morgan fingerprint density at radius 2 is 1.51 bits per heavy atom. The van der Waals surface area contributed by atoms with Crippen LogP contribution in [0.5, 0.6) is 0 Å². The summed E-state index contributed by atoms with van der Waals surface area (Å²) in [5.74, 6) is 0.116. The minimum Gasteiger partial charge on any atom is -0.390 e. The maximum absolute atomic E-state index is 13.6. The number of H-pyrrole nitrogens is 1. The first kappa shape index (κ1) is 37.6. The lowest BCUT2D eigenvalue weighted by Gasteiger charge is -2.18. The largest absolute Gasteiger partial charge is 0.472 e. The Balaban J connectivity index is 1.10. The summed E-state index contributed by atoms with van der Waals surface area (Å²) in [6.45, 7) is -0.450. The molecule has 10 nitrogen and oxygen atoms in total. The molecule has 45 heavy (non-hydrogen) atoms. The predicted molar refractivity (Wildman–Crippen MR) is 170 cm³/mol. The summed E-state index contributed by atoms with van der Waals surface area (Å²) in [4.78, 5) is 34.9. The molecule has 1 saturated heterocycles. The van der Waals surface area contributed by atoms with Crippen molar-refractivity contribution in [3.05, 3.63) is 68.5 Å². The average Bonchev–Trinajstić information content (AvgIpc) is 3.38. The van der Waals surface area contributed by atoms with Gasteiger partial charge in [0.2, 0.25) is 5.82 Å². The second-order valence-electron chi connectivity index (χ2n) is 11.4. The first-order valence-electron chi connectivity index (χ1n) is 15.9. The van der Waals surface area contributed by atoms with Crippen molar-refractivity contribution in [3.63, 3.8) is 0 Å². The molecule has 0 amide bonds. The van der Waals surface area contributed by atoms with Gasteiger partial charge in [-0.2, -0.15) is 16.2 Å². The zero-order chi connectivity index (χ0) is 32.5. The normalized spacial score (nSPS) is 19.6. The Morgan fingerprint density at radius 1 is 0.911 bits per heavy atom. The molecular formula is C31H47F2N2O8PS. The molecular weight excluding hydrogens is 629 g/mol. The van der Waals surface area contributed by atoms with Gasteiger partial charge in [0.15, 0.2) is 0 Å². The Hall–Kier alpha value is -1.86. The number of thioether (sulfide) groups is 1. The number of phosphoric acid groups is 1. The van der Waals surface area contributed by atoms with Crippen LogP contribution in [0.25, 0.3) is 0 Å². The predicted octanol–water partition coefficient (Wildman–Crippen LogP) is 6.25. The number of aliphatic hydroxyl groups is 1. The number of aromatic amines is 1. The molecule has 0 radical (unpaired) electrons. The van der Waals surface area contributed by atoms with Gasteiger partial charge in [-0.3, -0.25) is 23.4 Å². The smallest absolute Gasteiger partial charge is 0.390 e. The molecule has 1 aromatic carbocycles. The Labute approximate surface area is 267 Å². The molecule has 0 aliphatic carbocycles. The maximum Gasteiger partial charge on any atom is 0.472 e. The lowest BCUT2D eigenvalue weighted by atomic mass is 10.0. The minimum atomic E-state index is -4.38. The number of nitrogens with one attached hydrogen (secondary N) is 1. The summed E-state index contributed by atoms with van der Waals surface area (Å²) in [5, 5.41) is 10.2. The number of ether oxygens (including phenoxy) is 1. The highest BCUT2D eigenvalue weighted by Gasteiger charge is 2.37. The minimum absolute atomic E-state index is 0.0233. The highest BCUT2D eigenvalue weighted by molar-refractivity contribution is 7.99. The van der Waals surface area contributed by atoms with Crippen molar-refractivity contribution in [1.82, 2.24) is 9.55 Å². The molecule has 2 heterocycles. The number of hydrogen-bond acceptors (Lipinski definition) is 8. The van der Waals surface area contributed by atoms with Gasteiger partial charge in [-0.15, -0.1) is 0 Å². The molecule has 0 bridgehead atoms. The van der Waals surface area contributed by atoms with E-state index >= 15 is 0 Å². The van der Waals surface area contributed by atoms with E-state index in [4.69, 9.17) is 13.8 Å². The average molecular weight is 677 g/mol. The number of nitrogens with zero attached hydrogens (tertiary/aromatic N) is 1. The van der Waals surface area contributed by atoms with Crippen molar-refractivity contribution in [3.8, 4) is 0 Å². The molecule has 4 atom stereocenters. The van der Waals surface area contributed by atoms with Gasteiger partial charge in [-0.05, 0) is 42.7 Å². The molecule has 0 spiro atoms. The Morgan fingerprint density at radius 3 is 2.16 bits per heavy atom. The third kappa shape index (κ3) is 14.6. The van der Waals surface area contributed by atoms with Crippen LogP contribution in [0, 0.1) is 11.6 Å². The monoisotopic (exact) mass is 676 g/mol. The van der Waals surface area contributed by atoms with Crippen LogP contribution in [0.1, 0.15) is 95.3 Å². The third-order valence-corrected chi connectivity index (χ3v) is 9.76. The van der Waals surface area contributed by atoms with E-state index in [-0.39, 0.29) is 18.8 Å². The van der Waals surface area contributed by atoms with E-state index in [0.29, 0.717) is 11.9 Å². The SMILES string of the molecule is O=c1[nH]c(=O)n([C@H]2C[C@H](O)[C@@H](COP(=O)(O)OCCSCCCCCCCCCCCCCCc3ccc(F)cc3)O2)cc1F. The summed E-state index contributed by atoms with van der Waals surface area (Å²) >= 11 is 1.64. The van der Waals surface area contributed by atoms with Crippen molar-refractivity contribution in [2.24, 2.45) is 0 Å². The molecule has 2 aromatic rings. The molecule has 0 saturated carbocycles. The molecule has 1 aliphatic rings. The van der Waals surface area contributed by atoms with Gasteiger partial charge in [0.05, 0.1) is 25.5 Å². The van der Waals surface area contributed by atoms with Gasteiger partial charge < -0.3 is 14.7 Å². The van der Waals surface area contributed by atoms with Crippen molar-refractivity contribution in [2.75, 3.05) is 24.7 Å². The van der Waals surface area contributed by atoms with E-state index < -0.39 is 49.9 Å². The van der Waals surface area contributed by atoms with E-state index in [1.54, 1.807) is 11.8 Å². The molecule has 1 aliphatic heterocycles. The van der Waals surface area contributed by atoms with Crippen LogP contribution in [0.4, 0.5) is 8.78 Å². The van der Waals surface area contributed by atoms with Gasteiger partial charge in [0.1, 0.15) is 18.1 Å². The second-order valence-corrected chi connectivity index (χ2v) is 14.1. The number of unbranched alkanes of at least 4 members (excludes halogenated alkanes) is 11. The van der Waals surface area contributed by atoms with Crippen LogP contribution in [-0.4, -0.2) is 56.5 Å². The quantitative estimate of drug-likeness (QED) is 0.0920. The van der Waals surface area contributed by atoms with Gasteiger partial charge in [0, 0.05) is 12.2 Å². The lowest BCUT2D eigenvalue weighted by molar-refractivity contribution is -0.0465. The summed E-state index contributed by atoms with van der Waals surface area (Å²) in [5.41, 5.74) is -0.856. The number of halogens is 2. The van der Waals surface area contributed by atoms with Gasteiger partial charge in [-0.1, -0.05) is 76.3 Å². The first-order valence-corrected chi connectivity index (χ1v) is 18.6. The fourth-order valence-electron chi connectivity index (χ4n) is 5.18. The zero-order valence-electron chi connectivity index (χ0n) is 25.7. The van der Waals surface area contributed by atoms with Crippen molar-refractivity contribution in [1.29, 1.82) is 0 Å². The molecule has 1 fully saturated rings. The molecule has 3 rings (SSSR count). The molecule has 1 aromatic heterocycles. The van der Waals surface area contributed by atoms with Gasteiger partial charge >= 0.3 is 13.5 Å². The topological polar surface area (TPSA) is 140 Å². The van der Waals surface area contributed by atoms with Crippen molar-refractivity contribution >= 4 is 19.6 Å². The molecule has 254 valence electrons. The zero-order valence-corrected chi connectivity index (χ0v) is 27.5. The number of aromatic nitrogens is 2. The highest BCUT2D eigenvalue weighted by atomic mass is 32.2. The second kappa shape index (κ2) is 20.4. The van der Waals surface area contributed by atoms with E-state index in [1.807, 2.05) is 17.1 Å². The van der Waals surface area contributed by atoms with Crippen LogP contribution < -0.4 is 11.2 Å². The Bertz CT molecular complexity index is 1300. The van der Waals surface area contributed by atoms with Gasteiger partial charge in [0.25, 0.3) is 5.56 Å². The first-order chi connectivity index (χ1) is 21.6. The Kier molecular flexibility index (Phi) is 17.0. The number of phosphoric ester groups is 1. The number of rotatable bonds is 23. The summed E-state index contributed by atoms with van der Waals surface area (Å²) in [7, 11) is -4.38. The van der Waals surface area contributed by atoms with Crippen LogP contribution >= 0.6 is 19.6 Å². The fraction of sp³-hybridized carbons (Fsp3) is 0.677. The molecule has 1 unspecified atom stereocenters. The fourth-order valence-corrected chi connectivity index (χ4v) is 6.85. The summed E-state index contributed by atoms with van der Waals surface area (Å²) in [6.07, 6.45) is 13.1. The van der Waals surface area contributed by atoms with E-state index in [2.05, 4.69) is 0 Å². The van der Waals surface area contributed by atoms with Crippen molar-refractivity contribution in [2.45, 2.75) is 108 Å².